The van der Waals surface area contributed by atoms with Gasteiger partial charge in [0.25, 0.3) is 0 Å². The number of carbonyl (C=O) groups is 2. The van der Waals surface area contributed by atoms with Crippen molar-refractivity contribution in [1.82, 2.24) is 5.32 Å². The summed E-state index contributed by atoms with van der Waals surface area (Å²) in [5.41, 5.74) is 0. The first-order valence-corrected chi connectivity index (χ1v) is 34.2. The fourth-order valence-corrected chi connectivity index (χ4v) is 9.65. The second kappa shape index (κ2) is 58.9. The lowest BCUT2D eigenvalue weighted by atomic mass is 10.0. The van der Waals surface area contributed by atoms with Gasteiger partial charge < -0.3 is 19.4 Å². The van der Waals surface area contributed by atoms with Gasteiger partial charge in [0.1, 0.15) is 19.3 Å². The van der Waals surface area contributed by atoms with Gasteiger partial charge in [-0.25, -0.2) is 4.57 Å². The summed E-state index contributed by atoms with van der Waals surface area (Å²) in [6.45, 7) is 6.85. The monoisotopic (exact) mass is 1140 g/mol. The van der Waals surface area contributed by atoms with Gasteiger partial charge in [-0.2, -0.15) is 0 Å². The average molecular weight is 1140 g/mol. The van der Waals surface area contributed by atoms with Crippen molar-refractivity contribution in [3.63, 3.8) is 0 Å². The number of ether oxygens (including phenoxy) is 1. The maximum absolute atomic E-state index is 13.6. The maximum Gasteiger partial charge on any atom is 0.472 e. The van der Waals surface area contributed by atoms with Crippen molar-refractivity contribution in [3.05, 3.63) is 109 Å². The molecule has 1 amide bonds. The van der Waals surface area contributed by atoms with Crippen molar-refractivity contribution in [3.8, 4) is 0 Å². The number of esters is 1. The minimum Gasteiger partial charge on any atom is -0.456 e. The molecule has 9 nitrogen and oxygen atoms in total. The summed E-state index contributed by atoms with van der Waals surface area (Å²) in [6.07, 6.45) is 80.8. The van der Waals surface area contributed by atoms with E-state index in [1.807, 2.05) is 33.3 Å². The quantitative estimate of drug-likeness (QED) is 0.0205. The van der Waals surface area contributed by atoms with E-state index in [9.17, 15) is 19.0 Å². The fourth-order valence-electron chi connectivity index (χ4n) is 8.91. The van der Waals surface area contributed by atoms with Crippen LogP contribution < -0.4 is 5.32 Å². The van der Waals surface area contributed by atoms with E-state index in [2.05, 4.69) is 123 Å². The van der Waals surface area contributed by atoms with E-state index in [1.165, 1.54) is 96.3 Å². The standard InChI is InChI=1S/C70H123N2O7P/c1-7-10-13-16-19-22-25-28-30-32-34-35-36-37-39-41-43-45-48-51-54-57-60-63-70(74)79-68(61-58-55-52-49-46-27-24-21-18-15-12-9-3)67(66-78-80(75,76)77-65-64-72(4,5)6)71-69(73)62-59-56-53-50-47-44-42-40-38-33-31-29-26-23-20-17-14-11-8-2/h10,13,19-20,22-23,28-31,34-35,37-40,58,61,67-68H,7-9,11-12,14-18,21,24-27,32-33,36,41-57,59-60,62-66H2,1-6H3,(H-,71,73,75,76)/p+1/b13-10-,22-19-,23-20-,30-28-,31-29-,35-34-,39-37-,40-38-,61-58+. The van der Waals surface area contributed by atoms with Gasteiger partial charge in [0, 0.05) is 12.8 Å². The number of quaternary nitrogens is 1. The Balaban J connectivity index is 5.24. The van der Waals surface area contributed by atoms with E-state index in [0.717, 1.165) is 141 Å². The predicted octanol–water partition coefficient (Wildman–Crippen LogP) is 20.5. The second-order valence-electron chi connectivity index (χ2n) is 22.9. The zero-order valence-corrected chi connectivity index (χ0v) is 53.4. The van der Waals surface area contributed by atoms with Crippen molar-refractivity contribution in [2.45, 2.75) is 283 Å². The molecule has 0 aliphatic rings. The zero-order chi connectivity index (χ0) is 58.6. The first kappa shape index (κ1) is 76.7. The Labute approximate surface area is 493 Å². The Morgan fingerprint density at radius 1 is 0.450 bits per heavy atom. The summed E-state index contributed by atoms with van der Waals surface area (Å²) in [6, 6.07) is -0.867. The molecule has 10 heteroatoms. The largest absolute Gasteiger partial charge is 0.472 e. The number of likely N-dealkylation sites (N-methyl/N-ethyl adjacent to an activating group) is 1. The molecular weight excluding hydrogens is 1010 g/mol. The van der Waals surface area contributed by atoms with Gasteiger partial charge in [-0.05, 0) is 115 Å². The number of phosphoric ester groups is 1. The molecule has 0 rings (SSSR count). The molecule has 0 aromatic carbocycles. The van der Waals surface area contributed by atoms with Gasteiger partial charge in [0.2, 0.25) is 5.91 Å². The van der Waals surface area contributed by atoms with Crippen LogP contribution in [-0.4, -0.2) is 74.3 Å². The van der Waals surface area contributed by atoms with Crippen molar-refractivity contribution in [2.75, 3.05) is 40.9 Å². The maximum atomic E-state index is 13.6. The predicted molar refractivity (Wildman–Crippen MR) is 346 cm³/mol. The first-order chi connectivity index (χ1) is 38.9. The highest BCUT2D eigenvalue weighted by Gasteiger charge is 2.30. The molecule has 0 aliphatic heterocycles. The van der Waals surface area contributed by atoms with Gasteiger partial charge in [-0.15, -0.1) is 0 Å². The molecule has 0 bridgehead atoms. The Morgan fingerprint density at radius 2 is 0.800 bits per heavy atom. The van der Waals surface area contributed by atoms with Crippen LogP contribution in [0.3, 0.4) is 0 Å². The fraction of sp³-hybridized carbons (Fsp3) is 0.714. The summed E-state index contributed by atoms with van der Waals surface area (Å²) in [4.78, 5) is 37.8. The van der Waals surface area contributed by atoms with E-state index >= 15 is 0 Å². The van der Waals surface area contributed by atoms with Crippen LogP contribution in [0, 0.1) is 0 Å². The van der Waals surface area contributed by atoms with Crippen LogP contribution in [0.5, 0.6) is 0 Å². The SMILES string of the molecule is CC/C=C\C/C=C\C/C=C\C/C=C\C/C=C\CCCCCCCCCC(=O)OC(/C=C/CCCCCCCCCCCC)C(COP(=O)(O)OCC[N+](C)(C)C)NC(=O)CCCCCCCC/C=C\C/C=C\C/C=C\CCCCC. The molecule has 0 spiro atoms. The summed E-state index contributed by atoms with van der Waals surface area (Å²) in [5.74, 6) is -0.536. The summed E-state index contributed by atoms with van der Waals surface area (Å²) >= 11 is 0. The Morgan fingerprint density at radius 3 is 1.23 bits per heavy atom. The van der Waals surface area contributed by atoms with Crippen molar-refractivity contribution in [2.24, 2.45) is 0 Å². The number of hydrogen-bond acceptors (Lipinski definition) is 6. The Kier molecular flexibility index (Phi) is 56.4. The molecule has 0 aromatic heterocycles. The number of hydrogen-bond donors (Lipinski definition) is 2. The Bertz CT molecular complexity index is 1740. The van der Waals surface area contributed by atoms with Crippen molar-refractivity contribution >= 4 is 19.7 Å². The number of nitrogens with one attached hydrogen (secondary N) is 1. The summed E-state index contributed by atoms with van der Waals surface area (Å²) < 4.78 is 30.7. The van der Waals surface area contributed by atoms with Crippen LogP contribution in [0.25, 0.3) is 0 Å². The molecule has 0 saturated heterocycles. The molecule has 460 valence electrons. The lowest BCUT2D eigenvalue weighted by molar-refractivity contribution is -0.870. The third-order valence-corrected chi connectivity index (χ3v) is 14.9. The third kappa shape index (κ3) is 59.3. The van der Waals surface area contributed by atoms with Crippen LogP contribution in [0.1, 0.15) is 271 Å². The minimum absolute atomic E-state index is 0.0302. The van der Waals surface area contributed by atoms with E-state index in [1.54, 1.807) is 0 Å². The average Bonchev–Trinajstić information content (AvgIpc) is 3.43. The molecule has 0 radical (unpaired) electrons. The van der Waals surface area contributed by atoms with Gasteiger partial charge in [0.05, 0.1) is 33.8 Å². The molecule has 0 heterocycles. The van der Waals surface area contributed by atoms with Gasteiger partial charge >= 0.3 is 13.8 Å². The zero-order valence-electron chi connectivity index (χ0n) is 52.5. The lowest BCUT2D eigenvalue weighted by Crippen LogP contribution is -2.47. The molecule has 0 saturated carbocycles. The number of carbonyl (C=O) groups excluding carboxylic acids is 2. The van der Waals surface area contributed by atoms with Crippen LogP contribution in [0.15, 0.2) is 109 Å². The molecular formula is C70H124N2O7P+. The normalized spacial score (nSPS) is 14.3. The minimum atomic E-state index is -4.46. The first-order valence-electron chi connectivity index (χ1n) is 32.7. The molecule has 0 aromatic rings. The highest BCUT2D eigenvalue weighted by molar-refractivity contribution is 7.47. The van der Waals surface area contributed by atoms with Gasteiger partial charge in [-0.1, -0.05) is 252 Å². The topological polar surface area (TPSA) is 111 Å². The molecule has 3 unspecified atom stereocenters. The smallest absolute Gasteiger partial charge is 0.456 e. The molecule has 0 aliphatic carbocycles. The number of nitrogens with zero attached hydrogens (tertiary/aromatic N) is 1. The molecule has 2 N–H and O–H groups in total. The number of amides is 1. The van der Waals surface area contributed by atoms with Crippen molar-refractivity contribution in [1.29, 1.82) is 0 Å². The van der Waals surface area contributed by atoms with Crippen LogP contribution >= 0.6 is 7.82 Å². The highest BCUT2D eigenvalue weighted by atomic mass is 31.2. The van der Waals surface area contributed by atoms with Crippen LogP contribution in [-0.2, 0) is 27.9 Å². The van der Waals surface area contributed by atoms with Crippen LogP contribution in [0.4, 0.5) is 0 Å². The summed E-state index contributed by atoms with van der Waals surface area (Å²) in [7, 11) is 1.47. The molecule has 3 atom stereocenters. The van der Waals surface area contributed by atoms with E-state index < -0.39 is 20.0 Å². The van der Waals surface area contributed by atoms with Crippen LogP contribution in [0.2, 0.25) is 0 Å². The molecule has 0 fully saturated rings. The van der Waals surface area contributed by atoms with Crippen molar-refractivity contribution < 1.29 is 37.3 Å². The number of unbranched alkanes of at least 4 members (excludes halogenated alkanes) is 26. The third-order valence-electron chi connectivity index (χ3n) is 13.9. The lowest BCUT2D eigenvalue weighted by Gasteiger charge is -2.27. The number of rotatable bonds is 58. The van der Waals surface area contributed by atoms with E-state index in [4.69, 9.17) is 13.8 Å². The number of phosphoric acid groups is 1. The van der Waals surface area contributed by atoms with E-state index in [0.29, 0.717) is 17.4 Å². The van der Waals surface area contributed by atoms with Gasteiger partial charge in [0.15, 0.2) is 0 Å². The van der Waals surface area contributed by atoms with E-state index in [-0.39, 0.29) is 31.5 Å². The molecule has 80 heavy (non-hydrogen) atoms. The summed E-state index contributed by atoms with van der Waals surface area (Å²) in [5, 5.41) is 3.05. The number of allylic oxidation sites excluding steroid dienone is 17. The Hall–Kier alpha value is -3.33. The second-order valence-corrected chi connectivity index (χ2v) is 24.4. The highest BCUT2D eigenvalue weighted by Crippen LogP contribution is 2.43. The van der Waals surface area contributed by atoms with Gasteiger partial charge in [-0.3, -0.25) is 18.6 Å².